The molecule has 0 aliphatic heterocycles. The van der Waals surface area contributed by atoms with Crippen LogP contribution >= 0.6 is 23.3 Å². The van der Waals surface area contributed by atoms with E-state index in [0.717, 1.165) is 35.1 Å². The number of rotatable bonds is 9. The lowest BCUT2D eigenvalue weighted by Gasteiger charge is -2.14. The van der Waals surface area contributed by atoms with Crippen molar-refractivity contribution in [3.8, 4) is 5.75 Å². The highest BCUT2D eigenvalue weighted by Crippen LogP contribution is 2.34. The molecule has 6 nitrogen and oxygen atoms in total. The van der Waals surface area contributed by atoms with Gasteiger partial charge in [0.1, 0.15) is 10.6 Å². The number of carbonyl (C=O) groups is 1. The summed E-state index contributed by atoms with van der Waals surface area (Å²) in [6.45, 7) is 1.81. The van der Waals surface area contributed by atoms with Crippen molar-refractivity contribution in [2.45, 2.75) is 4.90 Å². The Hall–Kier alpha value is -1.90. The third kappa shape index (κ3) is 5.55. The van der Waals surface area contributed by atoms with Gasteiger partial charge in [-0.3, -0.25) is 0 Å². The van der Waals surface area contributed by atoms with Gasteiger partial charge in [-0.2, -0.15) is 0 Å². The van der Waals surface area contributed by atoms with Crippen molar-refractivity contribution in [1.29, 1.82) is 0 Å². The molecular formula is C17H23N3O3S2. The SMILES string of the molecule is COC(=O)c1sccc1SNc1ccc(NCCN(C)C)cc1OC. The van der Waals surface area contributed by atoms with Crippen molar-refractivity contribution in [2.24, 2.45) is 0 Å². The van der Waals surface area contributed by atoms with Gasteiger partial charge in [-0.25, -0.2) is 4.79 Å². The molecule has 8 heteroatoms. The lowest BCUT2D eigenvalue weighted by Crippen LogP contribution is -2.20. The fourth-order valence-electron chi connectivity index (χ4n) is 2.04. The van der Waals surface area contributed by atoms with E-state index in [0.29, 0.717) is 4.88 Å². The Morgan fingerprint density at radius 1 is 1.28 bits per heavy atom. The number of hydrogen-bond acceptors (Lipinski definition) is 8. The largest absolute Gasteiger partial charge is 0.494 e. The van der Waals surface area contributed by atoms with Crippen LogP contribution in [0.2, 0.25) is 0 Å². The van der Waals surface area contributed by atoms with Gasteiger partial charge in [0.05, 0.1) is 24.8 Å². The van der Waals surface area contributed by atoms with E-state index in [-0.39, 0.29) is 5.97 Å². The summed E-state index contributed by atoms with van der Waals surface area (Å²) in [5, 5.41) is 5.23. The molecule has 2 aromatic rings. The van der Waals surface area contributed by atoms with Gasteiger partial charge in [-0.05, 0) is 49.6 Å². The predicted octanol–water partition coefficient (Wildman–Crippen LogP) is 3.64. The summed E-state index contributed by atoms with van der Waals surface area (Å²) in [4.78, 5) is 15.3. The molecule has 0 atom stereocenters. The molecule has 0 saturated carbocycles. The molecule has 0 saturated heterocycles. The molecule has 0 aliphatic carbocycles. The number of hydrogen-bond donors (Lipinski definition) is 2. The minimum Gasteiger partial charge on any atom is -0.494 e. The zero-order valence-corrected chi connectivity index (χ0v) is 16.4. The van der Waals surface area contributed by atoms with Gasteiger partial charge in [0.25, 0.3) is 0 Å². The monoisotopic (exact) mass is 381 g/mol. The van der Waals surface area contributed by atoms with Gasteiger partial charge in [0.15, 0.2) is 0 Å². The second kappa shape index (κ2) is 9.55. The van der Waals surface area contributed by atoms with Crippen molar-refractivity contribution in [1.82, 2.24) is 4.90 Å². The quantitative estimate of drug-likeness (QED) is 0.508. The number of anilines is 2. The maximum Gasteiger partial charge on any atom is 0.349 e. The molecule has 0 unspecified atom stereocenters. The average molecular weight is 382 g/mol. The topological polar surface area (TPSA) is 62.8 Å². The van der Waals surface area contributed by atoms with Crippen molar-refractivity contribution >= 4 is 40.6 Å². The number of methoxy groups -OCH3 is 2. The van der Waals surface area contributed by atoms with Crippen molar-refractivity contribution < 1.29 is 14.3 Å². The predicted molar refractivity (Wildman–Crippen MR) is 105 cm³/mol. The molecule has 0 fully saturated rings. The molecule has 0 radical (unpaired) electrons. The Morgan fingerprint density at radius 2 is 2.08 bits per heavy atom. The summed E-state index contributed by atoms with van der Waals surface area (Å²) in [6, 6.07) is 7.79. The standard InChI is InChI=1S/C17H23N3O3S2/c1-20(2)9-8-18-12-5-6-13(14(11-12)22-3)19-25-15-7-10-24-16(15)17(21)23-4/h5-7,10-11,18-19H,8-9H2,1-4H3. The first-order valence-electron chi connectivity index (χ1n) is 7.70. The first-order valence-corrected chi connectivity index (χ1v) is 9.40. The molecule has 1 heterocycles. The molecule has 0 amide bonds. The smallest absolute Gasteiger partial charge is 0.349 e. The lowest BCUT2D eigenvalue weighted by atomic mass is 10.2. The van der Waals surface area contributed by atoms with Gasteiger partial charge in [0.2, 0.25) is 0 Å². The van der Waals surface area contributed by atoms with Crippen LogP contribution in [0.4, 0.5) is 11.4 Å². The van der Waals surface area contributed by atoms with E-state index in [9.17, 15) is 4.79 Å². The highest BCUT2D eigenvalue weighted by molar-refractivity contribution is 8.00. The van der Waals surface area contributed by atoms with Crippen molar-refractivity contribution in [3.05, 3.63) is 34.5 Å². The normalized spacial score (nSPS) is 10.6. The fourth-order valence-corrected chi connectivity index (χ4v) is 3.80. The van der Waals surface area contributed by atoms with E-state index < -0.39 is 0 Å². The van der Waals surface area contributed by atoms with E-state index in [1.54, 1.807) is 7.11 Å². The third-order valence-corrected chi connectivity index (χ3v) is 5.27. The Labute approximate surface area is 156 Å². The van der Waals surface area contributed by atoms with Crippen LogP contribution < -0.4 is 14.8 Å². The Morgan fingerprint density at radius 3 is 2.76 bits per heavy atom. The van der Waals surface area contributed by atoms with Crippen LogP contribution in [0.3, 0.4) is 0 Å². The second-order valence-electron chi connectivity index (χ2n) is 5.45. The Bertz CT molecular complexity index is 704. The first-order chi connectivity index (χ1) is 12.0. The molecule has 2 rings (SSSR count). The summed E-state index contributed by atoms with van der Waals surface area (Å²) >= 11 is 2.72. The third-order valence-electron chi connectivity index (χ3n) is 3.36. The first kappa shape index (κ1) is 19.4. The maximum atomic E-state index is 11.7. The number of benzene rings is 1. The molecule has 136 valence electrons. The van der Waals surface area contributed by atoms with E-state index in [1.165, 1.54) is 30.4 Å². The molecule has 0 aliphatic rings. The molecule has 1 aromatic carbocycles. The van der Waals surface area contributed by atoms with E-state index in [4.69, 9.17) is 9.47 Å². The van der Waals surface area contributed by atoms with Gasteiger partial charge in [-0.1, -0.05) is 0 Å². The molecular weight excluding hydrogens is 358 g/mol. The van der Waals surface area contributed by atoms with E-state index in [2.05, 4.69) is 14.9 Å². The number of esters is 1. The summed E-state index contributed by atoms with van der Waals surface area (Å²) in [7, 11) is 7.10. The van der Waals surface area contributed by atoms with Crippen LogP contribution in [0.25, 0.3) is 0 Å². The average Bonchev–Trinajstić information content (AvgIpc) is 3.08. The lowest BCUT2D eigenvalue weighted by molar-refractivity contribution is 0.0603. The van der Waals surface area contributed by atoms with Crippen LogP contribution in [-0.2, 0) is 4.74 Å². The minimum absolute atomic E-state index is 0.327. The highest BCUT2D eigenvalue weighted by Gasteiger charge is 2.15. The number of thiophene rings is 1. The molecule has 1 aromatic heterocycles. The number of nitrogens with zero attached hydrogens (tertiary/aromatic N) is 1. The highest BCUT2D eigenvalue weighted by atomic mass is 32.2. The van der Waals surface area contributed by atoms with Gasteiger partial charge >= 0.3 is 5.97 Å². The summed E-state index contributed by atoms with van der Waals surface area (Å²) in [5.41, 5.74) is 1.84. The molecule has 2 N–H and O–H groups in total. The zero-order valence-electron chi connectivity index (χ0n) is 14.8. The van der Waals surface area contributed by atoms with Crippen molar-refractivity contribution in [3.63, 3.8) is 0 Å². The van der Waals surface area contributed by atoms with Gasteiger partial charge < -0.3 is 24.4 Å². The summed E-state index contributed by atoms with van der Waals surface area (Å²) in [6.07, 6.45) is 0. The number of carbonyl (C=O) groups excluding carboxylic acids is 1. The second-order valence-corrected chi connectivity index (χ2v) is 7.22. The van der Waals surface area contributed by atoms with Crippen LogP contribution in [0.5, 0.6) is 5.75 Å². The zero-order chi connectivity index (χ0) is 18.2. The van der Waals surface area contributed by atoms with Gasteiger partial charge in [-0.15, -0.1) is 11.3 Å². The molecule has 0 bridgehead atoms. The van der Waals surface area contributed by atoms with Crippen LogP contribution in [0.15, 0.2) is 34.5 Å². The Balaban J connectivity index is 2.02. The maximum absolute atomic E-state index is 11.7. The number of nitrogens with one attached hydrogen (secondary N) is 2. The molecule has 25 heavy (non-hydrogen) atoms. The van der Waals surface area contributed by atoms with Crippen LogP contribution in [-0.4, -0.2) is 52.3 Å². The van der Waals surface area contributed by atoms with E-state index >= 15 is 0 Å². The number of ether oxygens (including phenoxy) is 2. The van der Waals surface area contributed by atoms with Crippen molar-refractivity contribution in [2.75, 3.05) is 51.4 Å². The summed E-state index contributed by atoms with van der Waals surface area (Å²) in [5.74, 6) is 0.406. The van der Waals surface area contributed by atoms with Crippen LogP contribution in [0, 0.1) is 0 Å². The summed E-state index contributed by atoms with van der Waals surface area (Å²) < 4.78 is 13.5. The van der Waals surface area contributed by atoms with E-state index in [1.807, 2.05) is 43.7 Å². The van der Waals surface area contributed by atoms with Crippen LogP contribution in [0.1, 0.15) is 9.67 Å². The fraction of sp³-hybridized carbons (Fsp3) is 0.353. The Kier molecular flexibility index (Phi) is 7.42. The minimum atomic E-state index is -0.327. The number of likely N-dealkylation sites (N-methyl/N-ethyl adjacent to an activating group) is 1. The van der Waals surface area contributed by atoms with Gasteiger partial charge in [0, 0.05) is 24.8 Å². The molecule has 0 spiro atoms.